The van der Waals surface area contributed by atoms with Crippen LogP contribution in [0.15, 0.2) is 41.3 Å². The van der Waals surface area contributed by atoms with Gasteiger partial charge in [-0.2, -0.15) is 8.78 Å². The molecule has 88 valence electrons. The van der Waals surface area contributed by atoms with Gasteiger partial charge in [-0.3, -0.25) is 0 Å². The van der Waals surface area contributed by atoms with E-state index in [1.807, 2.05) is 19.1 Å². The lowest BCUT2D eigenvalue weighted by atomic mass is 10.2. The molecule has 0 spiro atoms. The lowest BCUT2D eigenvalue weighted by molar-refractivity contribution is 0.252. The van der Waals surface area contributed by atoms with Crippen LogP contribution in [0.2, 0.25) is 0 Å². The Balaban J connectivity index is 2.60. The van der Waals surface area contributed by atoms with Gasteiger partial charge in [0.05, 0.1) is 0 Å². The quantitative estimate of drug-likeness (QED) is 0.588. The van der Waals surface area contributed by atoms with Crippen LogP contribution in [-0.4, -0.2) is 12.3 Å². The molecule has 0 heterocycles. The summed E-state index contributed by atoms with van der Waals surface area (Å²) in [6.45, 7) is 6.46. The number of hydrogen-bond acceptors (Lipinski definition) is 2. The average Bonchev–Trinajstić information content (AvgIpc) is 2.19. The van der Waals surface area contributed by atoms with Crippen molar-refractivity contribution in [3.63, 3.8) is 0 Å². The van der Waals surface area contributed by atoms with Crippen LogP contribution in [0.3, 0.4) is 0 Å². The van der Waals surface area contributed by atoms with Crippen molar-refractivity contribution in [3.8, 4) is 0 Å². The number of benzene rings is 1. The van der Waals surface area contributed by atoms with Gasteiger partial charge in [0, 0.05) is 17.1 Å². The molecule has 0 fully saturated rings. The van der Waals surface area contributed by atoms with E-state index in [0.717, 1.165) is 24.2 Å². The van der Waals surface area contributed by atoms with E-state index >= 15 is 0 Å². The Labute approximate surface area is 98.9 Å². The maximum Gasteiger partial charge on any atom is 0.288 e. The highest BCUT2D eigenvalue weighted by Gasteiger charge is 2.08. The predicted octanol–water partition coefficient (Wildman–Crippen LogP) is 4.38. The molecule has 0 aliphatic heterocycles. The normalized spacial score (nSPS) is 10.5. The second-order valence-corrected chi connectivity index (χ2v) is 4.54. The van der Waals surface area contributed by atoms with Crippen LogP contribution >= 0.6 is 11.8 Å². The summed E-state index contributed by atoms with van der Waals surface area (Å²) in [5.41, 5.74) is 1.83. The minimum Gasteiger partial charge on any atom is -0.384 e. The van der Waals surface area contributed by atoms with Crippen molar-refractivity contribution in [2.45, 2.75) is 24.0 Å². The zero-order valence-electron chi connectivity index (χ0n) is 9.17. The lowest BCUT2D eigenvalue weighted by Crippen LogP contribution is -2.03. The Morgan fingerprint density at radius 3 is 2.75 bits per heavy atom. The third-order valence-electron chi connectivity index (χ3n) is 1.97. The Morgan fingerprint density at radius 1 is 1.44 bits per heavy atom. The number of thioether (sulfide) groups is 1. The molecule has 0 saturated carbocycles. The van der Waals surface area contributed by atoms with Gasteiger partial charge in [0.1, 0.15) is 0 Å². The molecule has 0 aliphatic carbocycles. The minimum absolute atomic E-state index is 0.566. The van der Waals surface area contributed by atoms with Crippen LogP contribution in [0, 0.1) is 0 Å². The molecule has 1 rings (SSSR count). The molecular formula is C12H15F2NS. The van der Waals surface area contributed by atoms with Crippen LogP contribution in [0.4, 0.5) is 14.5 Å². The Hall–Kier alpha value is -1.03. The van der Waals surface area contributed by atoms with E-state index in [-0.39, 0.29) is 0 Å². The maximum absolute atomic E-state index is 12.3. The summed E-state index contributed by atoms with van der Waals surface area (Å²) in [6.07, 6.45) is 0.841. The molecule has 0 atom stereocenters. The first-order valence-electron chi connectivity index (χ1n) is 5.01. The van der Waals surface area contributed by atoms with Crippen molar-refractivity contribution in [1.29, 1.82) is 0 Å². The van der Waals surface area contributed by atoms with Gasteiger partial charge < -0.3 is 5.32 Å². The van der Waals surface area contributed by atoms with E-state index < -0.39 is 5.76 Å². The monoisotopic (exact) mass is 243 g/mol. The van der Waals surface area contributed by atoms with E-state index in [0.29, 0.717) is 16.7 Å². The summed E-state index contributed by atoms with van der Waals surface area (Å²) >= 11 is 0.566. The van der Waals surface area contributed by atoms with Gasteiger partial charge in [0.15, 0.2) is 0 Å². The molecule has 0 bridgehead atoms. The van der Waals surface area contributed by atoms with Crippen molar-refractivity contribution in [2.75, 3.05) is 11.9 Å². The average molecular weight is 243 g/mol. The van der Waals surface area contributed by atoms with Crippen molar-refractivity contribution in [3.05, 3.63) is 36.4 Å². The van der Waals surface area contributed by atoms with E-state index in [1.165, 1.54) is 0 Å². The zero-order valence-corrected chi connectivity index (χ0v) is 9.99. The molecular weight excluding hydrogens is 228 g/mol. The molecule has 0 radical (unpaired) electrons. The third-order valence-corrected chi connectivity index (χ3v) is 2.76. The van der Waals surface area contributed by atoms with Gasteiger partial charge in [0.25, 0.3) is 5.76 Å². The Bertz CT molecular complexity index is 353. The molecule has 0 saturated heterocycles. The Kier molecular flexibility index (Phi) is 5.32. The van der Waals surface area contributed by atoms with Crippen LogP contribution in [0.1, 0.15) is 13.3 Å². The van der Waals surface area contributed by atoms with Gasteiger partial charge in [0.2, 0.25) is 0 Å². The Morgan fingerprint density at radius 2 is 2.12 bits per heavy atom. The van der Waals surface area contributed by atoms with E-state index in [9.17, 15) is 8.78 Å². The highest BCUT2D eigenvalue weighted by molar-refractivity contribution is 7.99. The third kappa shape index (κ3) is 4.66. The van der Waals surface area contributed by atoms with E-state index in [4.69, 9.17) is 0 Å². The van der Waals surface area contributed by atoms with Crippen molar-refractivity contribution in [1.82, 2.24) is 0 Å². The minimum atomic E-state index is -2.39. The summed E-state index contributed by atoms with van der Waals surface area (Å²) in [7, 11) is 0. The number of hydrogen-bond donors (Lipinski definition) is 1. The highest BCUT2D eigenvalue weighted by atomic mass is 32.2. The van der Waals surface area contributed by atoms with Gasteiger partial charge in [-0.25, -0.2) is 0 Å². The van der Waals surface area contributed by atoms with Crippen LogP contribution < -0.4 is 5.32 Å². The number of para-hydroxylation sites is 1. The van der Waals surface area contributed by atoms with Crippen molar-refractivity contribution in [2.24, 2.45) is 0 Å². The number of anilines is 1. The second kappa shape index (κ2) is 6.53. The topological polar surface area (TPSA) is 12.0 Å². The molecule has 4 heteroatoms. The van der Waals surface area contributed by atoms with Gasteiger partial charge in [-0.05, 0) is 25.5 Å². The fourth-order valence-corrected chi connectivity index (χ4v) is 1.84. The van der Waals surface area contributed by atoms with Gasteiger partial charge in [-0.1, -0.05) is 29.5 Å². The number of halogens is 2. The number of nitrogens with one attached hydrogen (secondary N) is 1. The van der Waals surface area contributed by atoms with Crippen LogP contribution in [0.25, 0.3) is 0 Å². The van der Waals surface area contributed by atoms with Crippen LogP contribution in [-0.2, 0) is 0 Å². The SMILES string of the molecule is C=C(C)CCNc1ccccc1SC(F)F. The fourth-order valence-electron chi connectivity index (χ4n) is 1.22. The number of alkyl halides is 2. The maximum atomic E-state index is 12.3. The largest absolute Gasteiger partial charge is 0.384 e. The molecule has 0 amide bonds. The molecule has 1 nitrogen and oxygen atoms in total. The summed E-state index contributed by atoms with van der Waals surface area (Å²) < 4.78 is 24.5. The molecule has 0 aliphatic rings. The summed E-state index contributed by atoms with van der Waals surface area (Å²) in [6, 6.07) is 7.09. The first kappa shape index (κ1) is 13.0. The van der Waals surface area contributed by atoms with E-state index in [2.05, 4.69) is 11.9 Å². The first-order valence-corrected chi connectivity index (χ1v) is 5.89. The van der Waals surface area contributed by atoms with E-state index in [1.54, 1.807) is 12.1 Å². The molecule has 1 N–H and O–H groups in total. The highest BCUT2D eigenvalue weighted by Crippen LogP contribution is 2.31. The van der Waals surface area contributed by atoms with Gasteiger partial charge in [-0.15, -0.1) is 6.58 Å². The molecule has 16 heavy (non-hydrogen) atoms. The molecule has 0 unspecified atom stereocenters. The molecule has 1 aromatic rings. The summed E-state index contributed by atoms with van der Waals surface area (Å²) in [4.78, 5) is 0.583. The smallest absolute Gasteiger partial charge is 0.288 e. The standard InChI is InChI=1S/C12H15F2NS/c1-9(2)7-8-15-10-5-3-4-6-11(10)16-12(13)14/h3-6,12,15H,1,7-8H2,2H3. The second-order valence-electron chi connectivity index (χ2n) is 3.51. The molecule has 1 aromatic carbocycles. The van der Waals surface area contributed by atoms with Gasteiger partial charge >= 0.3 is 0 Å². The zero-order chi connectivity index (χ0) is 12.0. The summed E-state index contributed by atoms with van der Waals surface area (Å²) in [5.74, 6) is -2.39. The van der Waals surface area contributed by atoms with Crippen molar-refractivity contribution >= 4 is 17.4 Å². The fraction of sp³-hybridized carbons (Fsp3) is 0.333. The first-order chi connectivity index (χ1) is 7.59. The summed E-state index contributed by atoms with van der Waals surface area (Å²) in [5, 5.41) is 3.13. The number of rotatable bonds is 6. The van der Waals surface area contributed by atoms with Crippen LogP contribution in [0.5, 0.6) is 0 Å². The lowest BCUT2D eigenvalue weighted by Gasteiger charge is -2.11. The predicted molar refractivity (Wildman–Crippen MR) is 66.2 cm³/mol. The molecule has 0 aromatic heterocycles. The van der Waals surface area contributed by atoms with Crippen molar-refractivity contribution < 1.29 is 8.78 Å².